The minimum atomic E-state index is -4.79. The van der Waals surface area contributed by atoms with Crippen molar-refractivity contribution in [3.05, 3.63) is 54.7 Å². The van der Waals surface area contributed by atoms with Crippen molar-refractivity contribution in [2.45, 2.75) is 38.1 Å². The van der Waals surface area contributed by atoms with E-state index in [4.69, 9.17) is 0 Å². The van der Waals surface area contributed by atoms with Crippen LogP contribution in [0, 0.1) is 0 Å². The van der Waals surface area contributed by atoms with Gasteiger partial charge in [0.05, 0.1) is 17.1 Å². The van der Waals surface area contributed by atoms with Gasteiger partial charge >= 0.3 is 6.36 Å². The van der Waals surface area contributed by atoms with E-state index < -0.39 is 6.36 Å². The van der Waals surface area contributed by atoms with Crippen molar-refractivity contribution in [3.63, 3.8) is 0 Å². The van der Waals surface area contributed by atoms with Gasteiger partial charge in [0.2, 0.25) is 5.95 Å². The SMILES string of the molecule is FC(F)(F)Oc1ccccc1Nc1cc(-c2ccccn2)nc(NC2CCCC2)n1. The van der Waals surface area contributed by atoms with Crippen LogP contribution in [0.3, 0.4) is 0 Å². The van der Waals surface area contributed by atoms with Crippen molar-refractivity contribution in [2.75, 3.05) is 10.6 Å². The fraction of sp³-hybridized carbons (Fsp3) is 0.286. The van der Waals surface area contributed by atoms with E-state index >= 15 is 0 Å². The Balaban J connectivity index is 1.67. The highest BCUT2D eigenvalue weighted by molar-refractivity contribution is 5.68. The summed E-state index contributed by atoms with van der Waals surface area (Å²) in [6.45, 7) is 0. The molecule has 156 valence electrons. The molecular weight excluding hydrogens is 395 g/mol. The molecule has 1 aliphatic rings. The molecule has 2 N–H and O–H groups in total. The van der Waals surface area contributed by atoms with Crippen LogP contribution in [-0.2, 0) is 0 Å². The largest absolute Gasteiger partial charge is 0.573 e. The molecule has 4 rings (SSSR count). The van der Waals surface area contributed by atoms with Crippen LogP contribution in [0.5, 0.6) is 5.75 Å². The molecule has 6 nitrogen and oxygen atoms in total. The molecule has 2 heterocycles. The molecule has 0 spiro atoms. The summed E-state index contributed by atoms with van der Waals surface area (Å²) in [4.78, 5) is 13.3. The number of halogens is 3. The molecular formula is C21H20F3N5O. The van der Waals surface area contributed by atoms with Crippen LogP contribution in [-0.4, -0.2) is 27.4 Å². The number of aromatic nitrogens is 3. The van der Waals surface area contributed by atoms with E-state index in [-0.39, 0.29) is 17.5 Å². The van der Waals surface area contributed by atoms with E-state index in [9.17, 15) is 13.2 Å². The third-order valence-electron chi connectivity index (χ3n) is 4.72. The van der Waals surface area contributed by atoms with Crippen molar-refractivity contribution in [3.8, 4) is 17.1 Å². The first kappa shape index (κ1) is 19.9. The summed E-state index contributed by atoms with van der Waals surface area (Å²) >= 11 is 0. The number of hydrogen-bond donors (Lipinski definition) is 2. The Kier molecular flexibility index (Phi) is 5.69. The van der Waals surface area contributed by atoms with Crippen LogP contribution in [0.25, 0.3) is 11.4 Å². The average molecular weight is 415 g/mol. The summed E-state index contributed by atoms with van der Waals surface area (Å²) in [5.41, 5.74) is 1.34. The molecule has 1 fully saturated rings. The zero-order valence-electron chi connectivity index (χ0n) is 16.0. The number of para-hydroxylation sites is 2. The van der Waals surface area contributed by atoms with E-state index in [1.807, 2.05) is 12.1 Å². The average Bonchev–Trinajstić information content (AvgIpc) is 3.22. The highest BCUT2D eigenvalue weighted by Gasteiger charge is 2.32. The molecule has 0 unspecified atom stereocenters. The number of rotatable bonds is 6. The maximum atomic E-state index is 12.7. The molecule has 1 saturated carbocycles. The summed E-state index contributed by atoms with van der Waals surface area (Å²) in [5.74, 6) is 0.402. The number of pyridine rings is 1. The van der Waals surface area contributed by atoms with E-state index in [1.165, 1.54) is 18.2 Å². The Morgan fingerprint density at radius 2 is 1.70 bits per heavy atom. The lowest BCUT2D eigenvalue weighted by molar-refractivity contribution is -0.274. The predicted molar refractivity (Wildman–Crippen MR) is 108 cm³/mol. The third kappa shape index (κ3) is 5.16. The topological polar surface area (TPSA) is 72.0 Å². The highest BCUT2D eigenvalue weighted by Crippen LogP contribution is 2.33. The van der Waals surface area contributed by atoms with Crippen LogP contribution < -0.4 is 15.4 Å². The molecule has 0 amide bonds. The van der Waals surface area contributed by atoms with Gasteiger partial charge in [-0.2, -0.15) is 4.98 Å². The molecule has 0 saturated heterocycles. The van der Waals surface area contributed by atoms with Crippen LogP contribution in [0.4, 0.5) is 30.6 Å². The van der Waals surface area contributed by atoms with Gasteiger partial charge in [-0.3, -0.25) is 4.98 Å². The molecule has 30 heavy (non-hydrogen) atoms. The summed E-state index contributed by atoms with van der Waals surface area (Å²) in [7, 11) is 0. The molecule has 0 radical (unpaired) electrons. The van der Waals surface area contributed by atoms with Crippen molar-refractivity contribution in [1.82, 2.24) is 15.0 Å². The first-order valence-electron chi connectivity index (χ1n) is 9.65. The number of ether oxygens (including phenoxy) is 1. The lowest BCUT2D eigenvalue weighted by Gasteiger charge is -2.16. The zero-order valence-corrected chi connectivity index (χ0v) is 16.0. The Morgan fingerprint density at radius 3 is 2.43 bits per heavy atom. The fourth-order valence-electron chi connectivity index (χ4n) is 3.40. The van der Waals surface area contributed by atoms with E-state index in [2.05, 4.69) is 30.3 Å². The lowest BCUT2D eigenvalue weighted by atomic mass is 10.2. The van der Waals surface area contributed by atoms with Crippen LogP contribution in [0.1, 0.15) is 25.7 Å². The van der Waals surface area contributed by atoms with Gasteiger partial charge in [0.15, 0.2) is 5.75 Å². The third-order valence-corrected chi connectivity index (χ3v) is 4.72. The molecule has 1 aliphatic carbocycles. The van der Waals surface area contributed by atoms with Gasteiger partial charge < -0.3 is 15.4 Å². The molecule has 0 atom stereocenters. The van der Waals surface area contributed by atoms with E-state index in [1.54, 1.807) is 24.4 Å². The first-order chi connectivity index (χ1) is 14.5. The van der Waals surface area contributed by atoms with Gasteiger partial charge in [-0.25, -0.2) is 4.98 Å². The Labute approximate surface area is 171 Å². The van der Waals surface area contributed by atoms with Crippen LogP contribution >= 0.6 is 0 Å². The first-order valence-corrected chi connectivity index (χ1v) is 9.65. The summed E-state index contributed by atoms with van der Waals surface area (Å²) < 4.78 is 42.4. The lowest BCUT2D eigenvalue weighted by Crippen LogP contribution is -2.18. The molecule has 0 aliphatic heterocycles. The van der Waals surface area contributed by atoms with Crippen molar-refractivity contribution >= 4 is 17.5 Å². The van der Waals surface area contributed by atoms with Gasteiger partial charge in [-0.05, 0) is 37.1 Å². The second-order valence-corrected chi connectivity index (χ2v) is 6.97. The van der Waals surface area contributed by atoms with Gasteiger partial charge in [0.25, 0.3) is 0 Å². The standard InChI is InChI=1S/C21H20F3N5O/c22-21(23,24)30-18-11-4-3-10-16(18)27-19-13-17(15-9-5-6-12-25-15)28-20(29-19)26-14-7-1-2-8-14/h3-6,9-14H,1-2,7-8H2,(H2,26,27,28,29). The summed E-state index contributed by atoms with van der Waals surface area (Å²) in [6, 6.07) is 13.2. The van der Waals surface area contributed by atoms with Crippen molar-refractivity contribution in [1.29, 1.82) is 0 Å². The molecule has 1 aromatic carbocycles. The monoisotopic (exact) mass is 415 g/mol. The Hall–Kier alpha value is -3.36. The number of anilines is 3. The van der Waals surface area contributed by atoms with Gasteiger partial charge in [0.1, 0.15) is 5.82 Å². The number of hydrogen-bond acceptors (Lipinski definition) is 6. The minimum absolute atomic E-state index is 0.146. The molecule has 0 bridgehead atoms. The fourth-order valence-corrected chi connectivity index (χ4v) is 3.40. The molecule has 9 heteroatoms. The number of alkyl halides is 3. The number of benzene rings is 1. The van der Waals surface area contributed by atoms with Crippen molar-refractivity contribution in [2.24, 2.45) is 0 Å². The maximum Gasteiger partial charge on any atom is 0.573 e. The zero-order chi connectivity index (χ0) is 21.0. The van der Waals surface area contributed by atoms with Gasteiger partial charge in [-0.1, -0.05) is 31.0 Å². The number of nitrogens with one attached hydrogen (secondary N) is 2. The molecule has 2 aromatic heterocycles. The summed E-state index contributed by atoms with van der Waals surface area (Å²) in [6.07, 6.45) is 1.21. The maximum absolute atomic E-state index is 12.7. The van der Waals surface area contributed by atoms with Crippen LogP contribution in [0.15, 0.2) is 54.7 Å². The quantitative estimate of drug-likeness (QED) is 0.551. The Bertz CT molecular complexity index is 991. The van der Waals surface area contributed by atoms with Gasteiger partial charge in [-0.15, -0.1) is 13.2 Å². The second kappa shape index (κ2) is 8.56. The number of nitrogens with zero attached hydrogens (tertiary/aromatic N) is 3. The van der Waals surface area contributed by atoms with E-state index in [0.717, 1.165) is 25.7 Å². The smallest absolute Gasteiger partial charge is 0.404 e. The van der Waals surface area contributed by atoms with Crippen molar-refractivity contribution < 1.29 is 17.9 Å². The summed E-state index contributed by atoms with van der Waals surface area (Å²) in [5, 5.41) is 6.26. The second-order valence-electron chi connectivity index (χ2n) is 6.97. The molecule has 3 aromatic rings. The highest BCUT2D eigenvalue weighted by atomic mass is 19.4. The minimum Gasteiger partial charge on any atom is -0.404 e. The predicted octanol–water partition coefficient (Wildman–Crippen LogP) is 5.54. The van der Waals surface area contributed by atoms with Crippen LogP contribution in [0.2, 0.25) is 0 Å². The van der Waals surface area contributed by atoms with Gasteiger partial charge in [0, 0.05) is 18.3 Å². The Morgan fingerprint density at radius 1 is 0.933 bits per heavy atom. The normalized spacial score (nSPS) is 14.5. The van der Waals surface area contributed by atoms with E-state index in [0.29, 0.717) is 23.2 Å².